The highest BCUT2D eigenvalue weighted by atomic mass is 16.6. The quantitative estimate of drug-likeness (QED) is 0.457. The zero-order chi connectivity index (χ0) is 11.3. The van der Waals surface area contributed by atoms with Crippen LogP contribution in [-0.2, 0) is 0 Å². The highest BCUT2D eigenvalue weighted by Crippen LogP contribution is 2.21. The molecule has 1 N–H and O–H groups in total. The van der Waals surface area contributed by atoms with Crippen LogP contribution in [0.3, 0.4) is 0 Å². The summed E-state index contributed by atoms with van der Waals surface area (Å²) in [4.78, 5) is 13.9. The molecule has 1 unspecified atom stereocenters. The van der Waals surface area contributed by atoms with Crippen LogP contribution < -0.4 is 5.32 Å². The average molecular weight is 207 g/mol. The molecule has 0 aromatic carbocycles. The average Bonchev–Trinajstić information content (AvgIpc) is 2.18. The van der Waals surface area contributed by atoms with Gasteiger partial charge in [-0.2, -0.15) is 0 Å². The van der Waals surface area contributed by atoms with Crippen LogP contribution in [0.5, 0.6) is 0 Å². The van der Waals surface area contributed by atoms with Crippen molar-refractivity contribution in [2.75, 3.05) is 5.32 Å². The Kier molecular flexibility index (Phi) is 3.79. The summed E-state index contributed by atoms with van der Waals surface area (Å²) in [5, 5.41) is 13.7. The Morgan fingerprint density at radius 2 is 2.53 bits per heavy atom. The molecule has 1 heterocycles. The number of nitro groups is 1. The van der Waals surface area contributed by atoms with E-state index in [2.05, 4.69) is 16.9 Å². The first-order valence-electron chi connectivity index (χ1n) is 4.62. The molecule has 0 aliphatic heterocycles. The summed E-state index contributed by atoms with van der Waals surface area (Å²) in [6.07, 6.45) is 3.91. The van der Waals surface area contributed by atoms with Gasteiger partial charge >= 0.3 is 5.82 Å². The van der Waals surface area contributed by atoms with Gasteiger partial charge in [-0.1, -0.05) is 6.08 Å². The summed E-state index contributed by atoms with van der Waals surface area (Å²) in [6.45, 7) is 5.54. The molecule has 15 heavy (non-hydrogen) atoms. The molecule has 5 nitrogen and oxygen atoms in total. The minimum atomic E-state index is -0.497. The third kappa shape index (κ3) is 3.05. The number of nitrogens with zero attached hydrogens (tertiary/aromatic N) is 2. The molecule has 0 spiro atoms. The second-order valence-electron chi connectivity index (χ2n) is 3.20. The Labute approximate surface area is 88.0 Å². The highest BCUT2D eigenvalue weighted by Gasteiger charge is 2.14. The lowest BCUT2D eigenvalue weighted by Crippen LogP contribution is -2.15. The largest absolute Gasteiger partial charge is 0.386 e. The zero-order valence-corrected chi connectivity index (χ0v) is 8.51. The molecule has 1 aromatic rings. The summed E-state index contributed by atoms with van der Waals surface area (Å²) >= 11 is 0. The summed E-state index contributed by atoms with van der Waals surface area (Å²) in [7, 11) is 0. The number of pyridine rings is 1. The Morgan fingerprint density at radius 1 is 1.80 bits per heavy atom. The molecule has 0 radical (unpaired) electrons. The third-order valence-corrected chi connectivity index (χ3v) is 1.88. The smallest absolute Gasteiger partial charge is 0.375 e. The van der Waals surface area contributed by atoms with E-state index in [-0.39, 0.29) is 11.9 Å². The van der Waals surface area contributed by atoms with Gasteiger partial charge in [0.05, 0.1) is 0 Å². The normalized spacial score (nSPS) is 11.8. The number of rotatable bonds is 5. The maximum Gasteiger partial charge on any atom is 0.386 e. The van der Waals surface area contributed by atoms with E-state index in [1.807, 2.05) is 6.92 Å². The van der Waals surface area contributed by atoms with Crippen molar-refractivity contribution in [3.05, 3.63) is 41.1 Å². The van der Waals surface area contributed by atoms with E-state index in [9.17, 15) is 10.1 Å². The lowest BCUT2D eigenvalue weighted by molar-refractivity contribution is -0.388. The van der Waals surface area contributed by atoms with Crippen LogP contribution in [0.4, 0.5) is 11.5 Å². The molecule has 1 atom stereocenters. The highest BCUT2D eigenvalue weighted by molar-refractivity contribution is 5.57. The van der Waals surface area contributed by atoms with Gasteiger partial charge in [0.2, 0.25) is 0 Å². The van der Waals surface area contributed by atoms with Gasteiger partial charge in [-0.25, -0.2) is 0 Å². The molecule has 0 aliphatic rings. The molecular weight excluding hydrogens is 194 g/mol. The summed E-state index contributed by atoms with van der Waals surface area (Å²) in [5.41, 5.74) is 0.442. The first kappa shape index (κ1) is 11.2. The molecule has 0 amide bonds. The monoisotopic (exact) mass is 207 g/mol. The minimum Gasteiger partial charge on any atom is -0.375 e. The van der Waals surface area contributed by atoms with Crippen LogP contribution >= 0.6 is 0 Å². The minimum absolute atomic E-state index is 0.102. The summed E-state index contributed by atoms with van der Waals surface area (Å²) < 4.78 is 0. The number of nitrogens with one attached hydrogen (secondary N) is 1. The van der Waals surface area contributed by atoms with Gasteiger partial charge in [0.1, 0.15) is 11.9 Å². The summed E-state index contributed by atoms with van der Waals surface area (Å²) in [5.74, 6) is -0.145. The van der Waals surface area contributed by atoms with E-state index in [0.717, 1.165) is 6.42 Å². The van der Waals surface area contributed by atoms with Crippen LogP contribution in [0.1, 0.15) is 13.3 Å². The first-order chi connectivity index (χ1) is 7.15. The van der Waals surface area contributed by atoms with Gasteiger partial charge in [0.15, 0.2) is 0 Å². The van der Waals surface area contributed by atoms with E-state index in [4.69, 9.17) is 0 Å². The molecule has 0 bridgehead atoms. The molecule has 0 saturated carbocycles. The van der Waals surface area contributed by atoms with E-state index in [1.165, 1.54) is 6.20 Å². The topological polar surface area (TPSA) is 68.1 Å². The molecule has 0 saturated heterocycles. The molecule has 1 aromatic heterocycles. The first-order valence-corrected chi connectivity index (χ1v) is 4.62. The Balaban J connectivity index is 2.84. The van der Waals surface area contributed by atoms with Crippen molar-refractivity contribution in [3.8, 4) is 0 Å². The third-order valence-electron chi connectivity index (χ3n) is 1.88. The number of hydrogen-bond donors (Lipinski definition) is 1. The fourth-order valence-corrected chi connectivity index (χ4v) is 1.23. The predicted molar refractivity (Wildman–Crippen MR) is 58.8 cm³/mol. The molecule has 0 fully saturated rings. The molecular formula is C10H13N3O2. The molecule has 1 rings (SSSR count). The fourth-order valence-electron chi connectivity index (χ4n) is 1.23. The van der Waals surface area contributed by atoms with Crippen molar-refractivity contribution in [3.63, 3.8) is 0 Å². The fraction of sp³-hybridized carbons (Fsp3) is 0.300. The van der Waals surface area contributed by atoms with Gasteiger partial charge < -0.3 is 15.4 Å². The van der Waals surface area contributed by atoms with Gasteiger partial charge in [-0.15, -0.1) is 6.58 Å². The molecule has 80 valence electrons. The molecule has 0 aliphatic carbocycles. The van der Waals surface area contributed by atoms with Crippen molar-refractivity contribution < 1.29 is 4.92 Å². The summed E-state index contributed by atoms with van der Waals surface area (Å²) in [6, 6.07) is 3.41. The Hall–Kier alpha value is -1.91. The lowest BCUT2D eigenvalue weighted by Gasteiger charge is -2.12. The van der Waals surface area contributed by atoms with Crippen LogP contribution in [0.2, 0.25) is 0 Å². The maximum atomic E-state index is 10.6. The van der Waals surface area contributed by atoms with E-state index < -0.39 is 4.92 Å². The van der Waals surface area contributed by atoms with Crippen molar-refractivity contribution >= 4 is 11.5 Å². The van der Waals surface area contributed by atoms with E-state index in [1.54, 1.807) is 18.2 Å². The van der Waals surface area contributed by atoms with Crippen LogP contribution in [0.25, 0.3) is 0 Å². The van der Waals surface area contributed by atoms with Crippen molar-refractivity contribution in [1.29, 1.82) is 0 Å². The zero-order valence-electron chi connectivity index (χ0n) is 8.51. The van der Waals surface area contributed by atoms with Crippen molar-refractivity contribution in [2.24, 2.45) is 0 Å². The second-order valence-corrected chi connectivity index (χ2v) is 3.20. The van der Waals surface area contributed by atoms with Crippen molar-refractivity contribution in [1.82, 2.24) is 4.98 Å². The number of hydrogen-bond acceptors (Lipinski definition) is 4. The predicted octanol–water partition coefficient (Wildman–Crippen LogP) is 2.37. The van der Waals surface area contributed by atoms with Crippen LogP contribution in [0, 0.1) is 10.1 Å². The van der Waals surface area contributed by atoms with Gasteiger partial charge in [-0.05, 0) is 35.4 Å². The number of anilines is 1. The standard InChI is InChI=1S/C10H13N3O2/c1-3-5-8(2)12-9-6-4-7-11-10(9)13(14)15/h3-4,6-8,12H,1,5H2,2H3. The number of aromatic nitrogens is 1. The molecule has 5 heteroatoms. The van der Waals surface area contributed by atoms with E-state index in [0.29, 0.717) is 5.69 Å². The maximum absolute atomic E-state index is 10.6. The van der Waals surface area contributed by atoms with Gasteiger partial charge in [0, 0.05) is 6.04 Å². The Morgan fingerprint density at radius 3 is 3.13 bits per heavy atom. The van der Waals surface area contributed by atoms with Gasteiger partial charge in [0.25, 0.3) is 0 Å². The van der Waals surface area contributed by atoms with E-state index >= 15 is 0 Å². The van der Waals surface area contributed by atoms with Crippen LogP contribution in [0.15, 0.2) is 31.0 Å². The second kappa shape index (κ2) is 5.09. The SMILES string of the molecule is C=CCC(C)Nc1cccnc1[N+](=O)[O-]. The Bertz CT molecular complexity index is 365. The van der Waals surface area contributed by atoms with Crippen molar-refractivity contribution in [2.45, 2.75) is 19.4 Å². The van der Waals surface area contributed by atoms with Gasteiger partial charge in [-0.3, -0.25) is 0 Å². The lowest BCUT2D eigenvalue weighted by atomic mass is 10.2. The van der Waals surface area contributed by atoms with Crippen LogP contribution in [-0.4, -0.2) is 15.9 Å².